The van der Waals surface area contributed by atoms with E-state index in [1.807, 2.05) is 24.3 Å². The third-order valence-electron chi connectivity index (χ3n) is 2.55. The zero-order valence-electron chi connectivity index (χ0n) is 10.1. The van der Waals surface area contributed by atoms with Crippen molar-refractivity contribution in [1.29, 1.82) is 0 Å². The molecule has 100 valence electrons. The quantitative estimate of drug-likeness (QED) is 0.503. The van der Waals surface area contributed by atoms with Gasteiger partial charge in [0.1, 0.15) is 0 Å². The van der Waals surface area contributed by atoms with E-state index in [0.717, 1.165) is 10.0 Å². The van der Waals surface area contributed by atoms with Gasteiger partial charge in [-0.3, -0.25) is 4.79 Å². The summed E-state index contributed by atoms with van der Waals surface area (Å²) in [5.74, 6) is 0.359. The molecule has 0 amide bonds. The van der Waals surface area contributed by atoms with E-state index < -0.39 is 0 Å². The first-order valence-electron chi connectivity index (χ1n) is 5.70. The monoisotopic (exact) mass is 332 g/mol. The molecule has 7 nitrogen and oxygen atoms in total. The van der Waals surface area contributed by atoms with Crippen LogP contribution < -0.4 is 11.0 Å². The third kappa shape index (κ3) is 2.59. The third-order valence-corrected chi connectivity index (χ3v) is 3.08. The predicted octanol–water partition coefficient (Wildman–Crippen LogP) is 1.85. The molecule has 0 spiro atoms. The number of nitrogens with one attached hydrogen (secondary N) is 3. The number of nitrogens with zero attached hydrogens (tertiary/aromatic N) is 3. The van der Waals surface area contributed by atoms with Crippen LogP contribution >= 0.6 is 15.9 Å². The number of halogens is 1. The van der Waals surface area contributed by atoms with Crippen molar-refractivity contribution < 1.29 is 0 Å². The van der Waals surface area contributed by atoms with Gasteiger partial charge in [0.15, 0.2) is 11.2 Å². The molecule has 0 aliphatic rings. The van der Waals surface area contributed by atoms with Gasteiger partial charge in [-0.2, -0.15) is 10.1 Å². The number of aromatic amines is 2. The Morgan fingerprint density at radius 2 is 2.10 bits per heavy atom. The van der Waals surface area contributed by atoms with Gasteiger partial charge in [0.25, 0.3) is 5.56 Å². The minimum atomic E-state index is -0.271. The molecule has 0 saturated carbocycles. The molecule has 0 atom stereocenters. The zero-order valence-corrected chi connectivity index (χ0v) is 11.7. The van der Waals surface area contributed by atoms with Crippen molar-refractivity contribution in [2.24, 2.45) is 5.10 Å². The summed E-state index contributed by atoms with van der Waals surface area (Å²) in [6.45, 7) is 0. The van der Waals surface area contributed by atoms with Gasteiger partial charge in [-0.15, -0.1) is 0 Å². The summed E-state index contributed by atoms with van der Waals surface area (Å²) in [6.07, 6.45) is 2.96. The van der Waals surface area contributed by atoms with Gasteiger partial charge in [-0.25, -0.2) is 10.4 Å². The summed E-state index contributed by atoms with van der Waals surface area (Å²) < 4.78 is 1.00. The molecule has 0 fully saturated rings. The van der Waals surface area contributed by atoms with E-state index in [2.05, 4.69) is 46.4 Å². The van der Waals surface area contributed by atoms with E-state index in [0.29, 0.717) is 17.1 Å². The van der Waals surface area contributed by atoms with Gasteiger partial charge in [-0.1, -0.05) is 28.1 Å². The van der Waals surface area contributed by atoms with Crippen molar-refractivity contribution in [3.63, 3.8) is 0 Å². The van der Waals surface area contributed by atoms with Crippen LogP contribution in [-0.2, 0) is 0 Å². The van der Waals surface area contributed by atoms with Gasteiger partial charge < -0.3 is 9.97 Å². The highest BCUT2D eigenvalue weighted by atomic mass is 79.9. The number of aromatic nitrogens is 4. The van der Waals surface area contributed by atoms with Crippen molar-refractivity contribution in [2.75, 3.05) is 5.43 Å². The van der Waals surface area contributed by atoms with E-state index in [4.69, 9.17) is 0 Å². The van der Waals surface area contributed by atoms with E-state index in [1.165, 1.54) is 6.33 Å². The average Bonchev–Trinajstić information content (AvgIpc) is 2.85. The van der Waals surface area contributed by atoms with Crippen LogP contribution in [-0.4, -0.2) is 26.2 Å². The highest BCUT2D eigenvalue weighted by Gasteiger charge is 2.05. The lowest BCUT2D eigenvalue weighted by molar-refractivity contribution is 1.15. The highest BCUT2D eigenvalue weighted by molar-refractivity contribution is 9.10. The first kappa shape index (κ1) is 12.5. The average molecular weight is 333 g/mol. The highest BCUT2D eigenvalue weighted by Crippen LogP contribution is 2.09. The molecule has 0 bridgehead atoms. The second kappa shape index (κ2) is 5.25. The number of rotatable bonds is 3. The second-order valence-electron chi connectivity index (χ2n) is 3.94. The molecule has 20 heavy (non-hydrogen) atoms. The molecule has 0 aliphatic heterocycles. The van der Waals surface area contributed by atoms with Crippen LogP contribution in [0.25, 0.3) is 11.2 Å². The van der Waals surface area contributed by atoms with Crippen molar-refractivity contribution >= 4 is 39.3 Å². The maximum Gasteiger partial charge on any atom is 0.276 e. The minimum absolute atomic E-state index is 0.271. The number of hydrogen-bond acceptors (Lipinski definition) is 5. The first-order valence-corrected chi connectivity index (χ1v) is 6.50. The maximum atomic E-state index is 11.5. The molecule has 1 aromatic carbocycles. The van der Waals surface area contributed by atoms with Crippen LogP contribution in [0.2, 0.25) is 0 Å². The second-order valence-corrected chi connectivity index (χ2v) is 4.85. The van der Waals surface area contributed by atoms with E-state index >= 15 is 0 Å². The minimum Gasteiger partial charge on any atom is -0.317 e. The van der Waals surface area contributed by atoms with Crippen LogP contribution in [0.15, 0.2) is 45.0 Å². The molecule has 3 rings (SSSR count). The number of fused-ring (bicyclic) bond motifs is 1. The summed E-state index contributed by atoms with van der Waals surface area (Å²) in [5.41, 5.74) is 4.05. The molecule has 2 aromatic heterocycles. The molecule has 0 unspecified atom stereocenters. The fourth-order valence-electron chi connectivity index (χ4n) is 1.61. The Bertz CT molecular complexity index is 820. The lowest BCUT2D eigenvalue weighted by Crippen LogP contribution is -2.05. The topological polar surface area (TPSA) is 98.8 Å². The number of hydrazone groups is 1. The number of imidazole rings is 1. The van der Waals surface area contributed by atoms with Gasteiger partial charge in [0.05, 0.1) is 12.5 Å². The number of hydrogen-bond donors (Lipinski definition) is 3. The van der Waals surface area contributed by atoms with E-state index in [-0.39, 0.29) is 5.56 Å². The number of benzene rings is 1. The molecule has 2 heterocycles. The van der Waals surface area contributed by atoms with Crippen LogP contribution in [0.1, 0.15) is 5.56 Å². The maximum absolute atomic E-state index is 11.5. The fraction of sp³-hybridized carbons (Fsp3) is 0. The summed E-state index contributed by atoms with van der Waals surface area (Å²) in [7, 11) is 0. The molecular weight excluding hydrogens is 324 g/mol. The SMILES string of the molecule is O=c1[nH]cnc2nc(N/N=C\c3ccc(Br)cc3)[nH]c12. The molecule has 0 saturated heterocycles. The Kier molecular flexibility index (Phi) is 3.30. The first-order chi connectivity index (χ1) is 9.72. The molecule has 3 N–H and O–H groups in total. The van der Waals surface area contributed by atoms with Crippen molar-refractivity contribution in [1.82, 2.24) is 19.9 Å². The van der Waals surface area contributed by atoms with Crippen LogP contribution in [0.5, 0.6) is 0 Å². The standard InChI is InChI=1S/C12H9BrN6O/c13-8-3-1-7(2-4-8)5-16-19-12-17-9-10(18-12)14-6-15-11(9)20/h1-6H,(H3,14,15,17,18,19,20)/b16-5-. The number of H-pyrrole nitrogens is 2. The largest absolute Gasteiger partial charge is 0.317 e. The van der Waals surface area contributed by atoms with Gasteiger partial charge in [0, 0.05) is 4.47 Å². The fourth-order valence-corrected chi connectivity index (χ4v) is 1.87. The Balaban J connectivity index is 1.78. The molecule has 8 heteroatoms. The van der Waals surface area contributed by atoms with Crippen molar-refractivity contribution in [3.05, 3.63) is 51.0 Å². The van der Waals surface area contributed by atoms with Gasteiger partial charge >= 0.3 is 0 Å². The smallest absolute Gasteiger partial charge is 0.276 e. The summed E-state index contributed by atoms with van der Waals surface area (Å²) in [4.78, 5) is 24.8. The van der Waals surface area contributed by atoms with Crippen LogP contribution in [0, 0.1) is 0 Å². The normalized spacial score (nSPS) is 11.2. The Morgan fingerprint density at radius 1 is 1.30 bits per heavy atom. The lowest BCUT2D eigenvalue weighted by atomic mass is 10.2. The molecule has 0 aliphatic carbocycles. The van der Waals surface area contributed by atoms with Crippen LogP contribution in [0.3, 0.4) is 0 Å². The summed E-state index contributed by atoms with van der Waals surface area (Å²) in [6, 6.07) is 7.68. The Morgan fingerprint density at radius 3 is 2.85 bits per heavy atom. The van der Waals surface area contributed by atoms with Gasteiger partial charge in [0.2, 0.25) is 5.95 Å². The van der Waals surface area contributed by atoms with E-state index in [1.54, 1.807) is 6.21 Å². The van der Waals surface area contributed by atoms with Crippen molar-refractivity contribution in [2.45, 2.75) is 0 Å². The van der Waals surface area contributed by atoms with Crippen molar-refractivity contribution in [3.8, 4) is 0 Å². The summed E-state index contributed by atoms with van der Waals surface area (Å²) in [5, 5.41) is 4.04. The molecular formula is C12H9BrN6O. The van der Waals surface area contributed by atoms with Gasteiger partial charge in [-0.05, 0) is 17.7 Å². The Hall–Kier alpha value is -2.48. The Labute approximate surface area is 121 Å². The zero-order chi connectivity index (χ0) is 13.9. The number of anilines is 1. The predicted molar refractivity (Wildman–Crippen MR) is 79.9 cm³/mol. The molecule has 3 aromatic rings. The summed E-state index contributed by atoms with van der Waals surface area (Å²) >= 11 is 3.36. The van der Waals surface area contributed by atoms with Crippen LogP contribution in [0.4, 0.5) is 5.95 Å². The lowest BCUT2D eigenvalue weighted by Gasteiger charge is -1.94. The van der Waals surface area contributed by atoms with E-state index in [9.17, 15) is 4.79 Å². The molecule has 0 radical (unpaired) electrons.